The van der Waals surface area contributed by atoms with Gasteiger partial charge in [-0.15, -0.1) is 0 Å². The Morgan fingerprint density at radius 3 is 2.73 bits per heavy atom. The van der Waals surface area contributed by atoms with Gasteiger partial charge in [-0.2, -0.15) is 9.83 Å². The van der Waals surface area contributed by atoms with Crippen molar-refractivity contribution in [2.24, 2.45) is 0 Å². The van der Waals surface area contributed by atoms with Crippen LogP contribution in [0.4, 0.5) is 0 Å². The number of rotatable bonds is 3. The van der Waals surface area contributed by atoms with Crippen LogP contribution in [0.15, 0.2) is 42.9 Å². The van der Waals surface area contributed by atoms with Crippen molar-refractivity contribution in [2.75, 3.05) is 19.8 Å². The Morgan fingerprint density at radius 2 is 1.94 bits per heavy atom. The Hall–Kier alpha value is -3.03. The molecule has 5 heterocycles. The maximum absolute atomic E-state index is 13.5. The first-order chi connectivity index (χ1) is 16.2. The van der Waals surface area contributed by atoms with Gasteiger partial charge in [0.2, 0.25) is 5.69 Å². The normalized spacial score (nSPS) is 20.0. The van der Waals surface area contributed by atoms with Crippen LogP contribution in [0.3, 0.4) is 0 Å². The average Bonchev–Trinajstić information content (AvgIpc) is 3.26. The van der Waals surface area contributed by atoms with Gasteiger partial charge in [0.15, 0.2) is 12.4 Å². The van der Waals surface area contributed by atoms with E-state index < -0.39 is 0 Å². The summed E-state index contributed by atoms with van der Waals surface area (Å²) in [6.07, 6.45) is 10.3. The Labute approximate surface area is 192 Å². The molecule has 0 radical (unpaired) electrons. The van der Waals surface area contributed by atoms with E-state index in [4.69, 9.17) is 9.47 Å². The van der Waals surface area contributed by atoms with Crippen molar-refractivity contribution in [3.8, 4) is 11.1 Å². The molecule has 1 atom stereocenters. The topological polar surface area (TPSA) is 76.1 Å². The van der Waals surface area contributed by atoms with E-state index in [1.165, 1.54) is 0 Å². The predicted octanol–water partition coefficient (Wildman–Crippen LogP) is 4.79. The number of pyridine rings is 2. The average molecular weight is 445 g/mol. The molecule has 0 spiro atoms. The third-order valence-electron chi connectivity index (χ3n) is 7.01. The van der Waals surface area contributed by atoms with E-state index in [9.17, 15) is 5.21 Å². The molecule has 7 heteroatoms. The van der Waals surface area contributed by atoms with E-state index >= 15 is 0 Å². The highest BCUT2D eigenvalue weighted by molar-refractivity contribution is 6.04. The summed E-state index contributed by atoms with van der Waals surface area (Å²) in [4.78, 5) is 4.38. The summed E-state index contributed by atoms with van der Waals surface area (Å²) >= 11 is 0. The molecule has 170 valence electrons. The van der Waals surface area contributed by atoms with Crippen molar-refractivity contribution in [3.63, 3.8) is 0 Å². The number of nitrogens with zero attached hydrogens (tertiary/aromatic N) is 4. The van der Waals surface area contributed by atoms with Gasteiger partial charge in [-0.05, 0) is 68.9 Å². The lowest BCUT2D eigenvalue weighted by molar-refractivity contribution is -0.613. The minimum atomic E-state index is -0.0445. The maximum atomic E-state index is 13.5. The number of hydrogen-bond donors (Lipinski definition) is 0. The van der Waals surface area contributed by atoms with Gasteiger partial charge in [0.1, 0.15) is 0 Å². The Bertz CT molecular complexity index is 1320. The molecule has 0 aliphatic carbocycles. The van der Waals surface area contributed by atoms with E-state index in [0.29, 0.717) is 13.2 Å². The molecule has 3 aromatic heterocycles. The van der Waals surface area contributed by atoms with Gasteiger partial charge in [-0.3, -0.25) is 4.98 Å². The van der Waals surface area contributed by atoms with Crippen LogP contribution in [0.2, 0.25) is 0 Å². The number of benzene rings is 1. The van der Waals surface area contributed by atoms with Crippen LogP contribution in [0.5, 0.6) is 0 Å². The van der Waals surface area contributed by atoms with E-state index in [0.717, 1.165) is 87.6 Å². The molecule has 0 bridgehead atoms. The van der Waals surface area contributed by atoms with Gasteiger partial charge in [0.25, 0.3) is 0 Å². The molecule has 6 rings (SSSR count). The first kappa shape index (κ1) is 20.6. The summed E-state index contributed by atoms with van der Waals surface area (Å²) in [6, 6.07) is 8.36. The standard InChI is InChI=1S/C26H28N4O3/c1-17-12-19(5-8-27-17)25-22-13-20-15-28-30(24-4-2-3-9-33-24)23(20)14-21(22)16-29(31)26(25)18-6-10-32-11-7-18/h5,8,12-16,18,24H,2-4,6-7,9-11H2,1H3. The van der Waals surface area contributed by atoms with Crippen LogP contribution >= 0.6 is 0 Å². The molecule has 0 N–H and O–H groups in total. The van der Waals surface area contributed by atoms with Crippen molar-refractivity contribution >= 4 is 21.7 Å². The van der Waals surface area contributed by atoms with Gasteiger partial charge in [-0.25, -0.2) is 4.68 Å². The molecule has 2 saturated heterocycles. The third-order valence-corrected chi connectivity index (χ3v) is 7.01. The molecular weight excluding hydrogens is 416 g/mol. The Morgan fingerprint density at radius 1 is 1.06 bits per heavy atom. The number of aromatic nitrogens is 4. The second kappa shape index (κ2) is 8.39. The fraction of sp³-hybridized carbons (Fsp3) is 0.423. The molecule has 0 saturated carbocycles. The molecule has 2 aliphatic heterocycles. The first-order valence-corrected chi connectivity index (χ1v) is 11.9. The second-order valence-electron chi connectivity index (χ2n) is 9.20. The second-order valence-corrected chi connectivity index (χ2v) is 9.20. The van der Waals surface area contributed by atoms with Crippen molar-refractivity contribution in [1.29, 1.82) is 0 Å². The van der Waals surface area contributed by atoms with Crippen LogP contribution in [0, 0.1) is 12.1 Å². The number of fused-ring (bicyclic) bond motifs is 2. The monoisotopic (exact) mass is 444 g/mol. The van der Waals surface area contributed by atoms with Crippen LogP contribution in [-0.2, 0) is 9.47 Å². The number of ether oxygens (including phenoxy) is 2. The molecule has 4 aromatic rings. The van der Waals surface area contributed by atoms with E-state index in [1.807, 2.05) is 30.1 Å². The van der Waals surface area contributed by atoms with Crippen LogP contribution < -0.4 is 4.73 Å². The highest BCUT2D eigenvalue weighted by atomic mass is 16.5. The van der Waals surface area contributed by atoms with Crippen LogP contribution in [-0.4, -0.2) is 34.6 Å². The van der Waals surface area contributed by atoms with Gasteiger partial charge in [-0.1, -0.05) is 0 Å². The predicted molar refractivity (Wildman–Crippen MR) is 126 cm³/mol. The molecular formula is C26H28N4O3. The van der Waals surface area contributed by atoms with Crippen molar-refractivity contribution in [1.82, 2.24) is 14.8 Å². The summed E-state index contributed by atoms with van der Waals surface area (Å²) < 4.78 is 14.6. The summed E-state index contributed by atoms with van der Waals surface area (Å²) in [5, 5.41) is 21.2. The summed E-state index contributed by atoms with van der Waals surface area (Å²) in [7, 11) is 0. The molecule has 1 aromatic carbocycles. The molecule has 1 unspecified atom stereocenters. The van der Waals surface area contributed by atoms with E-state index in [-0.39, 0.29) is 12.1 Å². The smallest absolute Gasteiger partial charge is 0.204 e. The molecule has 0 amide bonds. The fourth-order valence-electron chi connectivity index (χ4n) is 5.38. The quantitative estimate of drug-likeness (QED) is 0.336. The van der Waals surface area contributed by atoms with Gasteiger partial charge in [0.05, 0.1) is 23.2 Å². The van der Waals surface area contributed by atoms with Gasteiger partial charge in [0, 0.05) is 47.9 Å². The summed E-state index contributed by atoms with van der Waals surface area (Å²) in [6.45, 7) is 4.12. The third kappa shape index (κ3) is 3.65. The Balaban J connectivity index is 1.60. The minimum Gasteiger partial charge on any atom is -0.618 e. The van der Waals surface area contributed by atoms with Gasteiger partial charge >= 0.3 is 0 Å². The zero-order valence-electron chi connectivity index (χ0n) is 18.9. The minimum absolute atomic E-state index is 0.0445. The highest BCUT2D eigenvalue weighted by Gasteiger charge is 2.30. The lowest BCUT2D eigenvalue weighted by atomic mass is 9.87. The lowest BCUT2D eigenvalue weighted by Gasteiger charge is -2.25. The molecule has 7 nitrogen and oxygen atoms in total. The zero-order chi connectivity index (χ0) is 22.4. The van der Waals surface area contributed by atoms with E-state index in [1.54, 1.807) is 6.20 Å². The van der Waals surface area contributed by atoms with Crippen molar-refractivity contribution in [2.45, 2.75) is 51.2 Å². The summed E-state index contributed by atoms with van der Waals surface area (Å²) in [5.74, 6) is 0.165. The summed E-state index contributed by atoms with van der Waals surface area (Å²) in [5.41, 5.74) is 4.80. The first-order valence-electron chi connectivity index (χ1n) is 11.9. The zero-order valence-corrected chi connectivity index (χ0v) is 18.9. The van der Waals surface area contributed by atoms with Crippen LogP contribution in [0.25, 0.3) is 32.8 Å². The van der Waals surface area contributed by atoms with Crippen molar-refractivity contribution in [3.05, 3.63) is 59.5 Å². The van der Waals surface area contributed by atoms with Crippen LogP contribution in [0.1, 0.15) is 55.6 Å². The van der Waals surface area contributed by atoms with Crippen molar-refractivity contribution < 1.29 is 14.2 Å². The van der Waals surface area contributed by atoms with Gasteiger partial charge < -0.3 is 14.7 Å². The lowest BCUT2D eigenvalue weighted by Crippen LogP contribution is -2.36. The molecule has 2 fully saturated rings. The highest BCUT2D eigenvalue weighted by Crippen LogP contribution is 2.39. The number of hydrogen-bond acceptors (Lipinski definition) is 5. The largest absolute Gasteiger partial charge is 0.618 e. The Kier molecular flexibility index (Phi) is 5.23. The fourth-order valence-corrected chi connectivity index (χ4v) is 5.38. The SMILES string of the molecule is Cc1cc(-c2c(C3CCOCC3)[n+]([O-])cc3cc4c(cnn4C4CCCCO4)cc23)ccn1. The molecule has 33 heavy (non-hydrogen) atoms. The molecule has 2 aliphatic rings. The number of aryl methyl sites for hydroxylation is 1. The van der Waals surface area contributed by atoms with E-state index in [2.05, 4.69) is 28.3 Å². The maximum Gasteiger partial charge on any atom is 0.204 e.